The minimum atomic E-state index is -0.998. The molecule has 11 nitrogen and oxygen atoms in total. The summed E-state index contributed by atoms with van der Waals surface area (Å²) in [5.74, 6) is -1.56. The van der Waals surface area contributed by atoms with Crippen LogP contribution in [-0.2, 0) is 38.6 Å². The predicted molar refractivity (Wildman–Crippen MR) is 170 cm³/mol. The fourth-order valence-electron chi connectivity index (χ4n) is 5.64. The summed E-state index contributed by atoms with van der Waals surface area (Å²) < 4.78 is 0. The molecule has 0 aliphatic carbocycles. The Bertz CT molecular complexity index is 1640. The maximum atomic E-state index is 13.6. The van der Waals surface area contributed by atoms with Crippen LogP contribution < -0.4 is 21.7 Å². The van der Waals surface area contributed by atoms with E-state index in [0.29, 0.717) is 25.9 Å². The Balaban J connectivity index is 1.25. The average Bonchev–Trinajstić information content (AvgIpc) is 3.71. The summed E-state index contributed by atoms with van der Waals surface area (Å²) in [6.45, 7) is 0.443. The van der Waals surface area contributed by atoms with Gasteiger partial charge in [0.25, 0.3) is 0 Å². The Kier molecular flexibility index (Phi) is 10.1. The van der Waals surface area contributed by atoms with Crippen molar-refractivity contribution < 1.29 is 24.3 Å². The molecule has 234 valence electrons. The Morgan fingerprint density at radius 2 is 1.64 bits per heavy atom. The van der Waals surface area contributed by atoms with Crippen molar-refractivity contribution in [1.29, 1.82) is 0 Å². The second-order valence-electron chi connectivity index (χ2n) is 11.3. The molecule has 4 aromatic rings. The van der Waals surface area contributed by atoms with Crippen LogP contribution in [0.15, 0.2) is 85.1 Å². The van der Waals surface area contributed by atoms with Crippen LogP contribution in [0.1, 0.15) is 29.5 Å². The van der Waals surface area contributed by atoms with Crippen LogP contribution in [-0.4, -0.2) is 69.8 Å². The number of phenolic OH excluding ortho intramolecular Hbond substituents is 1. The number of nitrogens with one attached hydrogen (secondary N) is 4. The van der Waals surface area contributed by atoms with Crippen LogP contribution in [0.25, 0.3) is 10.9 Å². The molecule has 0 bridgehead atoms. The molecule has 3 atom stereocenters. The lowest BCUT2D eigenvalue weighted by Crippen LogP contribution is -2.56. The van der Waals surface area contributed by atoms with Gasteiger partial charge in [0.15, 0.2) is 0 Å². The van der Waals surface area contributed by atoms with Crippen LogP contribution in [0.3, 0.4) is 0 Å². The van der Waals surface area contributed by atoms with Gasteiger partial charge in [-0.05, 0) is 54.2 Å². The summed E-state index contributed by atoms with van der Waals surface area (Å²) in [5.41, 5.74) is 9.71. The Morgan fingerprint density at radius 3 is 2.42 bits per heavy atom. The first-order valence-electron chi connectivity index (χ1n) is 15.1. The van der Waals surface area contributed by atoms with Gasteiger partial charge >= 0.3 is 0 Å². The van der Waals surface area contributed by atoms with Crippen molar-refractivity contribution in [3.8, 4) is 5.75 Å². The van der Waals surface area contributed by atoms with Gasteiger partial charge in [-0.3, -0.25) is 19.2 Å². The Labute approximate surface area is 261 Å². The smallest absolute Gasteiger partial charge is 0.243 e. The van der Waals surface area contributed by atoms with Gasteiger partial charge in [0.05, 0.1) is 12.6 Å². The van der Waals surface area contributed by atoms with E-state index in [0.717, 1.165) is 27.6 Å². The third-order valence-corrected chi connectivity index (χ3v) is 8.04. The number of para-hydroxylation sites is 1. The molecule has 5 rings (SSSR count). The van der Waals surface area contributed by atoms with Gasteiger partial charge in [-0.1, -0.05) is 60.7 Å². The number of aromatic hydroxyl groups is 1. The number of benzene rings is 3. The fraction of sp³-hybridized carbons (Fsp3) is 0.294. The molecule has 1 aromatic heterocycles. The van der Waals surface area contributed by atoms with Gasteiger partial charge in [-0.2, -0.15) is 0 Å². The summed E-state index contributed by atoms with van der Waals surface area (Å²) in [6, 6.07) is 20.9. The highest BCUT2D eigenvalue weighted by Crippen LogP contribution is 2.22. The first kappa shape index (κ1) is 31.3. The summed E-state index contributed by atoms with van der Waals surface area (Å²) in [4.78, 5) is 57.6. The number of nitrogens with two attached hydrogens (primary N) is 1. The van der Waals surface area contributed by atoms with E-state index in [9.17, 15) is 24.3 Å². The van der Waals surface area contributed by atoms with E-state index in [1.165, 1.54) is 17.0 Å². The van der Waals surface area contributed by atoms with Crippen LogP contribution in [0.5, 0.6) is 5.75 Å². The lowest BCUT2D eigenvalue weighted by molar-refractivity contribution is -0.140. The second kappa shape index (κ2) is 14.5. The molecule has 1 aliphatic heterocycles. The Hall–Kier alpha value is -5.16. The van der Waals surface area contributed by atoms with E-state index in [1.807, 2.05) is 54.6 Å². The summed E-state index contributed by atoms with van der Waals surface area (Å²) in [5, 5.41) is 18.8. The van der Waals surface area contributed by atoms with Crippen molar-refractivity contribution >= 4 is 34.5 Å². The maximum absolute atomic E-state index is 13.6. The number of likely N-dealkylation sites (tertiary alicyclic amines) is 1. The highest BCUT2D eigenvalue weighted by molar-refractivity contribution is 5.95. The molecule has 4 amide bonds. The molecule has 1 fully saturated rings. The molecule has 0 spiro atoms. The van der Waals surface area contributed by atoms with E-state index < -0.39 is 29.9 Å². The molecular formula is C34H38N6O5. The lowest BCUT2D eigenvalue weighted by atomic mass is 10.0. The molecule has 0 radical (unpaired) electrons. The standard InChI is InChI=1S/C34H38N6O5/c35-27(17-22-12-14-25(41)15-13-22)34(45)40-16-6-11-30(40)33(44)39-29(18-24-20-36-28-10-5-4-9-26(24)28)32(43)38-21-31(42)37-19-23-7-2-1-3-8-23/h1-5,7-10,12-15,20,27,29-30,36,41H,6,11,16-19,21,35H2,(H,37,42)(H,38,43)(H,39,44)/t27-,29-,30-/m0/s1. The number of nitrogens with zero attached hydrogens (tertiary/aromatic N) is 1. The Morgan fingerprint density at radius 1 is 0.911 bits per heavy atom. The van der Waals surface area contributed by atoms with Gasteiger partial charge in [0, 0.05) is 36.6 Å². The molecule has 11 heteroatoms. The summed E-state index contributed by atoms with van der Waals surface area (Å²) in [6.07, 6.45) is 3.29. The van der Waals surface area contributed by atoms with Gasteiger partial charge in [-0.25, -0.2) is 0 Å². The number of hydrogen-bond donors (Lipinski definition) is 6. The first-order chi connectivity index (χ1) is 21.8. The SMILES string of the molecule is N[C@@H](Cc1ccc(O)cc1)C(=O)N1CCC[C@H]1C(=O)N[C@@H](Cc1c[nH]c2ccccc12)C(=O)NCC(=O)NCc1ccccc1. The zero-order valence-corrected chi connectivity index (χ0v) is 24.9. The van der Waals surface area contributed by atoms with E-state index in [4.69, 9.17) is 5.73 Å². The highest BCUT2D eigenvalue weighted by atomic mass is 16.3. The van der Waals surface area contributed by atoms with E-state index in [-0.39, 0.29) is 37.0 Å². The van der Waals surface area contributed by atoms with Crippen LogP contribution in [0.2, 0.25) is 0 Å². The number of carbonyl (C=O) groups excluding carboxylic acids is 4. The number of fused-ring (bicyclic) bond motifs is 1. The van der Waals surface area contributed by atoms with Crippen molar-refractivity contribution in [2.75, 3.05) is 13.1 Å². The number of hydrogen-bond acceptors (Lipinski definition) is 6. The minimum Gasteiger partial charge on any atom is -0.508 e. The molecule has 1 aliphatic rings. The quantitative estimate of drug-likeness (QED) is 0.143. The van der Waals surface area contributed by atoms with Crippen molar-refractivity contribution in [2.45, 2.75) is 50.4 Å². The predicted octanol–water partition coefficient (Wildman–Crippen LogP) is 1.89. The number of amides is 4. The lowest BCUT2D eigenvalue weighted by Gasteiger charge is -2.28. The number of phenols is 1. The van der Waals surface area contributed by atoms with Gasteiger partial charge in [0.1, 0.15) is 17.8 Å². The van der Waals surface area contributed by atoms with Crippen LogP contribution >= 0.6 is 0 Å². The number of H-pyrrole nitrogens is 1. The topological polar surface area (TPSA) is 170 Å². The second-order valence-corrected chi connectivity index (χ2v) is 11.3. The zero-order valence-electron chi connectivity index (χ0n) is 24.9. The van der Waals surface area contributed by atoms with Gasteiger partial charge in [0.2, 0.25) is 23.6 Å². The molecule has 0 saturated carbocycles. The van der Waals surface area contributed by atoms with Crippen molar-refractivity contribution in [2.24, 2.45) is 5.73 Å². The van der Waals surface area contributed by atoms with Gasteiger partial charge < -0.3 is 36.7 Å². The largest absolute Gasteiger partial charge is 0.508 e. The minimum absolute atomic E-state index is 0.119. The molecule has 2 heterocycles. The fourth-order valence-corrected chi connectivity index (χ4v) is 5.64. The molecule has 3 aromatic carbocycles. The monoisotopic (exact) mass is 610 g/mol. The van der Waals surface area contributed by atoms with Crippen molar-refractivity contribution in [3.63, 3.8) is 0 Å². The summed E-state index contributed by atoms with van der Waals surface area (Å²) >= 11 is 0. The summed E-state index contributed by atoms with van der Waals surface area (Å²) in [7, 11) is 0. The third-order valence-electron chi connectivity index (χ3n) is 8.04. The van der Waals surface area contributed by atoms with Crippen molar-refractivity contribution in [1.82, 2.24) is 25.8 Å². The molecule has 7 N–H and O–H groups in total. The van der Waals surface area contributed by atoms with Crippen LogP contribution in [0, 0.1) is 0 Å². The van der Waals surface area contributed by atoms with E-state index in [1.54, 1.807) is 18.3 Å². The van der Waals surface area contributed by atoms with Crippen molar-refractivity contribution in [3.05, 3.63) is 102 Å². The van der Waals surface area contributed by atoms with Crippen LogP contribution in [0.4, 0.5) is 0 Å². The normalized spacial score (nSPS) is 15.8. The number of aromatic nitrogens is 1. The van der Waals surface area contributed by atoms with Gasteiger partial charge in [-0.15, -0.1) is 0 Å². The molecule has 1 saturated heterocycles. The van der Waals surface area contributed by atoms with E-state index in [2.05, 4.69) is 20.9 Å². The first-order valence-corrected chi connectivity index (χ1v) is 15.1. The number of aromatic amines is 1. The average molecular weight is 611 g/mol. The third kappa shape index (κ3) is 8.07. The number of carbonyl (C=O) groups is 4. The molecule has 45 heavy (non-hydrogen) atoms. The zero-order chi connectivity index (χ0) is 31.8. The highest BCUT2D eigenvalue weighted by Gasteiger charge is 2.37. The number of rotatable bonds is 12. The molecule has 0 unspecified atom stereocenters. The maximum Gasteiger partial charge on any atom is 0.243 e. The van der Waals surface area contributed by atoms with E-state index >= 15 is 0 Å². The molecular weight excluding hydrogens is 572 g/mol.